The molecule has 154 valence electrons. The molecule has 2 aliphatic carbocycles. The topological polar surface area (TPSA) is 60.0 Å². The van der Waals surface area contributed by atoms with Gasteiger partial charge in [0.25, 0.3) is 0 Å². The molecule has 0 saturated heterocycles. The van der Waals surface area contributed by atoms with E-state index in [-0.39, 0.29) is 5.91 Å². The lowest BCUT2D eigenvalue weighted by Crippen LogP contribution is -2.37. The Morgan fingerprint density at radius 2 is 1.72 bits per heavy atom. The van der Waals surface area contributed by atoms with Gasteiger partial charge in [0.15, 0.2) is 11.5 Å². The van der Waals surface area contributed by atoms with Crippen molar-refractivity contribution in [2.75, 3.05) is 33.2 Å². The molecule has 1 fully saturated rings. The molecule has 0 aliphatic heterocycles. The first-order valence-electron chi connectivity index (χ1n) is 10.1. The first-order chi connectivity index (χ1) is 14.1. The molecule has 2 aromatic carbocycles. The summed E-state index contributed by atoms with van der Waals surface area (Å²) in [4.78, 5) is 15.3. The molecular formula is C23H28N2O4. The standard InChI is InChI=1S/C23H28N2O4/c1-27-20-12-16(13-21(28-2)23(20)29-3)24-22(26)14-25(17-9-10-17)19-11-8-15-6-4-5-7-18(15)19/h4-7,12-13,17,19H,8-11,14H2,1-3H3,(H,24,26). The fraction of sp³-hybridized carbons (Fsp3) is 0.435. The minimum Gasteiger partial charge on any atom is -0.493 e. The van der Waals surface area contributed by atoms with Crippen molar-refractivity contribution in [1.29, 1.82) is 0 Å². The number of nitrogens with zero attached hydrogens (tertiary/aromatic N) is 1. The van der Waals surface area contributed by atoms with Gasteiger partial charge in [-0.1, -0.05) is 24.3 Å². The molecule has 0 radical (unpaired) electrons. The van der Waals surface area contributed by atoms with Gasteiger partial charge in [-0.3, -0.25) is 9.69 Å². The third kappa shape index (κ3) is 4.03. The lowest BCUT2D eigenvalue weighted by atomic mass is 10.1. The van der Waals surface area contributed by atoms with Gasteiger partial charge in [0.1, 0.15) is 0 Å². The Morgan fingerprint density at radius 1 is 1.03 bits per heavy atom. The number of rotatable bonds is 8. The van der Waals surface area contributed by atoms with E-state index < -0.39 is 0 Å². The van der Waals surface area contributed by atoms with Crippen molar-refractivity contribution >= 4 is 11.6 Å². The van der Waals surface area contributed by atoms with Crippen LogP contribution >= 0.6 is 0 Å². The summed E-state index contributed by atoms with van der Waals surface area (Å²) >= 11 is 0. The van der Waals surface area contributed by atoms with Crippen molar-refractivity contribution in [3.05, 3.63) is 47.5 Å². The highest BCUT2D eigenvalue weighted by Crippen LogP contribution is 2.42. The lowest BCUT2D eigenvalue weighted by Gasteiger charge is -2.29. The van der Waals surface area contributed by atoms with Crippen LogP contribution in [0, 0.1) is 0 Å². The second-order valence-corrected chi connectivity index (χ2v) is 7.62. The Morgan fingerprint density at radius 3 is 2.34 bits per heavy atom. The lowest BCUT2D eigenvalue weighted by molar-refractivity contribution is -0.118. The predicted molar refractivity (Wildman–Crippen MR) is 112 cm³/mol. The van der Waals surface area contributed by atoms with Crippen LogP contribution in [0.3, 0.4) is 0 Å². The van der Waals surface area contributed by atoms with Crippen LogP contribution in [0.15, 0.2) is 36.4 Å². The summed E-state index contributed by atoms with van der Waals surface area (Å²) in [6.45, 7) is 0.375. The number of carbonyl (C=O) groups is 1. The summed E-state index contributed by atoms with van der Waals surface area (Å²) in [7, 11) is 4.69. The van der Waals surface area contributed by atoms with Gasteiger partial charge in [-0.2, -0.15) is 0 Å². The number of carbonyl (C=O) groups excluding carboxylic acids is 1. The van der Waals surface area contributed by atoms with Gasteiger partial charge in [-0.05, 0) is 36.8 Å². The maximum Gasteiger partial charge on any atom is 0.238 e. The number of aryl methyl sites for hydroxylation is 1. The van der Waals surface area contributed by atoms with Gasteiger partial charge in [0.05, 0.1) is 27.9 Å². The van der Waals surface area contributed by atoms with Crippen molar-refractivity contribution in [3.63, 3.8) is 0 Å². The van der Waals surface area contributed by atoms with Crippen molar-refractivity contribution in [1.82, 2.24) is 4.90 Å². The Balaban J connectivity index is 1.50. The number of ether oxygens (including phenoxy) is 3. The average molecular weight is 396 g/mol. The molecule has 1 amide bonds. The van der Waals surface area contributed by atoms with Crippen LogP contribution in [-0.2, 0) is 11.2 Å². The number of amides is 1. The molecular weight excluding hydrogens is 368 g/mol. The zero-order chi connectivity index (χ0) is 20.4. The first-order valence-corrected chi connectivity index (χ1v) is 10.1. The summed E-state index contributed by atoms with van der Waals surface area (Å²) in [6, 6.07) is 12.9. The average Bonchev–Trinajstić information content (AvgIpc) is 3.50. The van der Waals surface area contributed by atoms with Gasteiger partial charge in [-0.25, -0.2) is 0 Å². The second kappa shape index (κ2) is 8.33. The Hall–Kier alpha value is -2.73. The monoisotopic (exact) mass is 396 g/mol. The molecule has 6 nitrogen and oxygen atoms in total. The van der Waals surface area contributed by atoms with E-state index in [9.17, 15) is 4.79 Å². The highest BCUT2D eigenvalue weighted by Gasteiger charge is 2.38. The number of nitrogens with one attached hydrogen (secondary N) is 1. The van der Waals surface area contributed by atoms with Crippen molar-refractivity contribution in [3.8, 4) is 17.2 Å². The quantitative estimate of drug-likeness (QED) is 0.735. The number of methoxy groups -OCH3 is 3. The van der Waals surface area contributed by atoms with Crippen LogP contribution in [0.2, 0.25) is 0 Å². The minimum absolute atomic E-state index is 0.0319. The summed E-state index contributed by atoms with van der Waals surface area (Å²) in [5.74, 6) is 1.52. The maximum atomic E-state index is 12.9. The largest absolute Gasteiger partial charge is 0.493 e. The molecule has 0 bridgehead atoms. The van der Waals surface area contributed by atoms with Crippen molar-refractivity contribution < 1.29 is 19.0 Å². The second-order valence-electron chi connectivity index (χ2n) is 7.62. The predicted octanol–water partition coefficient (Wildman–Crippen LogP) is 3.80. The molecule has 1 atom stereocenters. The summed E-state index contributed by atoms with van der Waals surface area (Å²) in [5, 5.41) is 3.01. The fourth-order valence-electron chi connectivity index (χ4n) is 4.30. The fourth-order valence-corrected chi connectivity index (χ4v) is 4.30. The molecule has 29 heavy (non-hydrogen) atoms. The van der Waals surface area contributed by atoms with E-state index in [1.54, 1.807) is 33.5 Å². The molecule has 1 saturated carbocycles. The van der Waals surface area contributed by atoms with E-state index >= 15 is 0 Å². The number of hydrogen-bond acceptors (Lipinski definition) is 5. The third-order valence-electron chi connectivity index (χ3n) is 5.79. The Kier molecular flexibility index (Phi) is 5.62. The molecule has 6 heteroatoms. The minimum atomic E-state index is -0.0319. The van der Waals surface area contributed by atoms with Gasteiger partial charge in [0, 0.05) is 29.9 Å². The Bertz CT molecular complexity index is 869. The third-order valence-corrected chi connectivity index (χ3v) is 5.79. The van der Waals surface area contributed by atoms with Crippen LogP contribution in [0.1, 0.15) is 36.4 Å². The number of fused-ring (bicyclic) bond motifs is 1. The smallest absolute Gasteiger partial charge is 0.238 e. The van der Waals surface area contributed by atoms with Crippen molar-refractivity contribution in [2.24, 2.45) is 0 Å². The molecule has 0 aromatic heterocycles. The normalized spacial score (nSPS) is 17.7. The van der Waals surface area contributed by atoms with Crippen LogP contribution < -0.4 is 19.5 Å². The number of hydrogen-bond donors (Lipinski definition) is 1. The van der Waals surface area contributed by atoms with E-state index in [0.717, 1.165) is 25.7 Å². The molecule has 2 aliphatic rings. The van der Waals surface area contributed by atoms with E-state index in [2.05, 4.69) is 34.5 Å². The number of anilines is 1. The Labute approximate surface area is 171 Å². The van der Waals surface area contributed by atoms with Gasteiger partial charge < -0.3 is 19.5 Å². The van der Waals surface area contributed by atoms with E-state index in [4.69, 9.17) is 14.2 Å². The van der Waals surface area contributed by atoms with Gasteiger partial charge in [-0.15, -0.1) is 0 Å². The van der Waals surface area contributed by atoms with Crippen LogP contribution in [0.5, 0.6) is 17.2 Å². The first kappa shape index (κ1) is 19.6. The van der Waals surface area contributed by atoms with E-state index in [1.807, 2.05) is 0 Å². The van der Waals surface area contributed by atoms with E-state index in [1.165, 1.54) is 11.1 Å². The van der Waals surface area contributed by atoms with Crippen molar-refractivity contribution in [2.45, 2.75) is 37.8 Å². The maximum absolute atomic E-state index is 12.9. The highest BCUT2D eigenvalue weighted by atomic mass is 16.5. The molecule has 0 spiro atoms. The zero-order valence-electron chi connectivity index (χ0n) is 17.2. The summed E-state index contributed by atoms with van der Waals surface area (Å²) in [6.07, 6.45) is 4.48. The summed E-state index contributed by atoms with van der Waals surface area (Å²) in [5.41, 5.74) is 3.42. The summed E-state index contributed by atoms with van der Waals surface area (Å²) < 4.78 is 16.1. The van der Waals surface area contributed by atoms with Gasteiger partial charge in [0.2, 0.25) is 11.7 Å². The van der Waals surface area contributed by atoms with Crippen LogP contribution in [0.25, 0.3) is 0 Å². The zero-order valence-corrected chi connectivity index (χ0v) is 17.2. The number of benzene rings is 2. The van der Waals surface area contributed by atoms with Crippen LogP contribution in [0.4, 0.5) is 5.69 Å². The van der Waals surface area contributed by atoms with E-state index in [0.29, 0.717) is 41.6 Å². The molecule has 0 heterocycles. The van der Waals surface area contributed by atoms with Gasteiger partial charge >= 0.3 is 0 Å². The molecule has 2 aromatic rings. The molecule has 1 unspecified atom stereocenters. The van der Waals surface area contributed by atoms with Crippen LogP contribution in [-0.4, -0.2) is 44.7 Å². The molecule has 4 rings (SSSR count). The SMILES string of the molecule is COc1cc(NC(=O)CN(C2CC2)C2CCc3ccccc32)cc(OC)c1OC. The molecule has 1 N–H and O–H groups in total. The highest BCUT2D eigenvalue weighted by molar-refractivity contribution is 5.93.